The monoisotopic (exact) mass is 149 g/mol. The maximum absolute atomic E-state index is 8.32. The van der Waals surface area contributed by atoms with Gasteiger partial charge in [0.25, 0.3) is 0 Å². The maximum Gasteiger partial charge on any atom is 0.144 e. The second kappa shape index (κ2) is 5.36. The third-order valence-electron chi connectivity index (χ3n) is 0.891. The highest BCUT2D eigenvalue weighted by Gasteiger charge is 1.88. The molecule has 0 N–H and O–H groups in total. The molecule has 0 aliphatic rings. The van der Waals surface area contributed by atoms with Crippen molar-refractivity contribution in [1.29, 1.82) is 5.26 Å². The van der Waals surface area contributed by atoms with Gasteiger partial charge in [0.15, 0.2) is 0 Å². The van der Waals surface area contributed by atoms with Crippen molar-refractivity contribution in [3.63, 3.8) is 0 Å². The Kier molecular flexibility index (Phi) is 4.67. The van der Waals surface area contributed by atoms with Gasteiger partial charge in [-0.15, -0.1) is 0 Å². The van der Waals surface area contributed by atoms with Crippen LogP contribution in [-0.2, 0) is 0 Å². The zero-order valence-corrected chi connectivity index (χ0v) is 7.00. The number of hydrogen-bond acceptors (Lipinski definition) is 3. The Balaban J connectivity index is 0.000000461. The highest BCUT2D eigenvalue weighted by atomic mass is 14.9. The summed E-state index contributed by atoms with van der Waals surface area (Å²) in [6.45, 7) is 5.75. The van der Waals surface area contributed by atoms with Gasteiger partial charge >= 0.3 is 0 Å². The Morgan fingerprint density at radius 2 is 2.09 bits per heavy atom. The van der Waals surface area contributed by atoms with E-state index in [0.29, 0.717) is 11.5 Å². The predicted octanol–water partition coefficient (Wildman–Crippen LogP) is 1.68. The first-order valence-corrected chi connectivity index (χ1v) is 3.52. The summed E-state index contributed by atoms with van der Waals surface area (Å²) in [6, 6.07) is 3.49. The fourth-order valence-corrected chi connectivity index (χ4v) is 0.518. The molecule has 0 saturated carbocycles. The fourth-order valence-electron chi connectivity index (χ4n) is 0.518. The summed E-state index contributed by atoms with van der Waals surface area (Å²) in [5.41, 5.74) is 0.419. The number of nitriles is 1. The van der Waals surface area contributed by atoms with E-state index in [4.69, 9.17) is 5.26 Å². The Morgan fingerprint density at radius 1 is 1.45 bits per heavy atom. The smallest absolute Gasteiger partial charge is 0.144 e. The van der Waals surface area contributed by atoms with Gasteiger partial charge in [-0.25, -0.2) is 9.97 Å². The summed E-state index contributed by atoms with van der Waals surface area (Å²) in [4.78, 5) is 7.64. The minimum Gasteiger partial charge on any atom is -0.242 e. The molecular weight excluding hydrogens is 138 g/mol. The van der Waals surface area contributed by atoms with E-state index in [9.17, 15) is 0 Å². The van der Waals surface area contributed by atoms with Crippen LogP contribution in [0.3, 0.4) is 0 Å². The molecule has 0 amide bonds. The molecule has 0 saturated heterocycles. The average Bonchev–Trinajstić information content (AvgIpc) is 2.08. The van der Waals surface area contributed by atoms with E-state index in [1.54, 1.807) is 19.2 Å². The molecule has 1 heterocycles. The van der Waals surface area contributed by atoms with Crippen LogP contribution in [0.4, 0.5) is 0 Å². The molecule has 0 bridgehead atoms. The first-order chi connectivity index (χ1) is 5.33. The lowest BCUT2D eigenvalue weighted by Gasteiger charge is -1.87. The van der Waals surface area contributed by atoms with Gasteiger partial charge in [0.05, 0.1) is 0 Å². The average molecular weight is 149 g/mol. The number of rotatable bonds is 0. The molecule has 0 radical (unpaired) electrons. The number of aryl methyl sites for hydroxylation is 1. The minimum atomic E-state index is 0.419. The number of nitrogens with zero attached hydrogens (tertiary/aromatic N) is 3. The van der Waals surface area contributed by atoms with E-state index < -0.39 is 0 Å². The predicted molar refractivity (Wildman–Crippen MR) is 42.8 cm³/mol. The van der Waals surface area contributed by atoms with Crippen molar-refractivity contribution in [2.75, 3.05) is 0 Å². The summed E-state index contributed by atoms with van der Waals surface area (Å²) in [7, 11) is 0. The molecule has 0 unspecified atom stereocenters. The largest absolute Gasteiger partial charge is 0.242 e. The Labute approximate surface area is 66.7 Å². The SMILES string of the molecule is CC.Cc1nccc(C#N)n1. The lowest BCUT2D eigenvalue weighted by molar-refractivity contribution is 1.04. The first-order valence-electron chi connectivity index (χ1n) is 3.52. The van der Waals surface area contributed by atoms with Gasteiger partial charge in [-0.05, 0) is 13.0 Å². The van der Waals surface area contributed by atoms with E-state index in [1.165, 1.54) is 0 Å². The second-order valence-electron chi connectivity index (χ2n) is 1.60. The van der Waals surface area contributed by atoms with Crippen LogP contribution in [0, 0.1) is 18.3 Å². The quantitative estimate of drug-likeness (QED) is 0.564. The van der Waals surface area contributed by atoms with Crippen LogP contribution in [0.1, 0.15) is 25.4 Å². The van der Waals surface area contributed by atoms with Crippen molar-refractivity contribution in [2.24, 2.45) is 0 Å². The molecule has 0 aromatic carbocycles. The van der Waals surface area contributed by atoms with Gasteiger partial charge in [-0.2, -0.15) is 5.26 Å². The molecule has 3 nitrogen and oxygen atoms in total. The zero-order valence-electron chi connectivity index (χ0n) is 7.00. The minimum absolute atomic E-state index is 0.419. The highest BCUT2D eigenvalue weighted by molar-refractivity contribution is 5.17. The lowest BCUT2D eigenvalue weighted by atomic mass is 10.4. The van der Waals surface area contributed by atoms with Gasteiger partial charge in [-0.3, -0.25) is 0 Å². The molecule has 1 aromatic heterocycles. The van der Waals surface area contributed by atoms with Crippen molar-refractivity contribution in [2.45, 2.75) is 20.8 Å². The highest BCUT2D eigenvalue weighted by Crippen LogP contribution is 1.89. The normalized spacial score (nSPS) is 7.45. The van der Waals surface area contributed by atoms with Crippen LogP contribution in [0.5, 0.6) is 0 Å². The van der Waals surface area contributed by atoms with Crippen molar-refractivity contribution < 1.29 is 0 Å². The number of aromatic nitrogens is 2. The summed E-state index contributed by atoms with van der Waals surface area (Å²) in [6.07, 6.45) is 1.57. The van der Waals surface area contributed by atoms with Crippen molar-refractivity contribution >= 4 is 0 Å². The van der Waals surface area contributed by atoms with Gasteiger partial charge in [0.1, 0.15) is 17.6 Å². The van der Waals surface area contributed by atoms with Gasteiger partial charge in [0.2, 0.25) is 0 Å². The Morgan fingerprint density at radius 3 is 2.45 bits per heavy atom. The summed E-state index contributed by atoms with van der Waals surface area (Å²) < 4.78 is 0. The molecule has 58 valence electrons. The molecule has 0 aliphatic heterocycles. The lowest BCUT2D eigenvalue weighted by Crippen LogP contribution is -1.87. The van der Waals surface area contributed by atoms with Gasteiger partial charge < -0.3 is 0 Å². The van der Waals surface area contributed by atoms with Crippen molar-refractivity contribution in [1.82, 2.24) is 9.97 Å². The molecule has 0 aliphatic carbocycles. The Hall–Kier alpha value is -1.43. The molecule has 0 fully saturated rings. The van der Waals surface area contributed by atoms with E-state index in [2.05, 4.69) is 9.97 Å². The molecule has 3 heteroatoms. The first kappa shape index (κ1) is 9.57. The molecule has 0 spiro atoms. The van der Waals surface area contributed by atoms with Crippen molar-refractivity contribution in [3.05, 3.63) is 23.8 Å². The molecular formula is C8H11N3. The summed E-state index contributed by atoms with van der Waals surface area (Å²) in [5, 5.41) is 8.32. The van der Waals surface area contributed by atoms with E-state index in [0.717, 1.165) is 0 Å². The number of hydrogen-bond donors (Lipinski definition) is 0. The molecule has 1 rings (SSSR count). The zero-order chi connectivity index (χ0) is 8.69. The summed E-state index contributed by atoms with van der Waals surface area (Å²) >= 11 is 0. The maximum atomic E-state index is 8.32. The van der Waals surface area contributed by atoms with Crippen LogP contribution in [0.15, 0.2) is 12.3 Å². The van der Waals surface area contributed by atoms with E-state index in [-0.39, 0.29) is 0 Å². The van der Waals surface area contributed by atoms with Crippen LogP contribution in [0.2, 0.25) is 0 Å². The topological polar surface area (TPSA) is 49.6 Å². The van der Waals surface area contributed by atoms with Crippen molar-refractivity contribution in [3.8, 4) is 6.07 Å². The third kappa shape index (κ3) is 3.31. The van der Waals surface area contributed by atoms with Crippen LogP contribution < -0.4 is 0 Å². The van der Waals surface area contributed by atoms with E-state index >= 15 is 0 Å². The van der Waals surface area contributed by atoms with E-state index in [1.807, 2.05) is 19.9 Å². The molecule has 1 aromatic rings. The van der Waals surface area contributed by atoms with Gasteiger partial charge in [-0.1, -0.05) is 13.8 Å². The van der Waals surface area contributed by atoms with Crippen LogP contribution in [0.25, 0.3) is 0 Å². The third-order valence-corrected chi connectivity index (χ3v) is 0.891. The van der Waals surface area contributed by atoms with Crippen LogP contribution >= 0.6 is 0 Å². The second-order valence-corrected chi connectivity index (χ2v) is 1.60. The summed E-state index contributed by atoms with van der Waals surface area (Å²) in [5.74, 6) is 0.633. The fraction of sp³-hybridized carbons (Fsp3) is 0.375. The van der Waals surface area contributed by atoms with Crippen LogP contribution in [-0.4, -0.2) is 9.97 Å². The van der Waals surface area contributed by atoms with Gasteiger partial charge in [0, 0.05) is 6.20 Å². The molecule has 0 atom stereocenters. The molecule has 11 heavy (non-hydrogen) atoms. The standard InChI is InChI=1S/C6H5N3.C2H6/c1-5-8-3-2-6(4-7)9-5;1-2/h2-3H,1H3;1-2H3. The Bertz CT molecular complexity index is 250.